The van der Waals surface area contributed by atoms with Crippen molar-refractivity contribution in [1.82, 2.24) is 4.90 Å². The predicted octanol–water partition coefficient (Wildman–Crippen LogP) is 6.50. The third-order valence-electron chi connectivity index (χ3n) is 5.96. The minimum absolute atomic E-state index is 0.0368. The number of hydrogen-bond acceptors (Lipinski definition) is 4. The molecule has 0 radical (unpaired) electrons. The Labute approximate surface area is 181 Å². The van der Waals surface area contributed by atoms with Crippen molar-refractivity contribution in [3.05, 3.63) is 74.3 Å². The minimum Gasteiger partial charge on any atom is -0.313 e. The van der Waals surface area contributed by atoms with E-state index in [1.807, 2.05) is 41.7 Å². The minimum atomic E-state index is -0.0368. The average Bonchev–Trinajstić information content (AvgIpc) is 3.35. The van der Waals surface area contributed by atoms with Gasteiger partial charge in [-0.1, -0.05) is 31.2 Å². The molecule has 1 aliphatic heterocycles. The summed E-state index contributed by atoms with van der Waals surface area (Å²) in [5.41, 5.74) is 3.27. The SMILES string of the molecule is Cc1sc(NC(=O)c2ccccc2)c([C@@H](c2cccs2)N2CCC(C)CC2)c1C. The average molecular weight is 425 g/mol. The van der Waals surface area contributed by atoms with E-state index >= 15 is 0 Å². The molecule has 0 spiro atoms. The number of nitrogens with one attached hydrogen (secondary N) is 1. The largest absolute Gasteiger partial charge is 0.313 e. The third kappa shape index (κ3) is 4.32. The van der Waals surface area contributed by atoms with Gasteiger partial charge in [0.15, 0.2) is 0 Å². The molecule has 1 aromatic carbocycles. The van der Waals surface area contributed by atoms with Crippen LogP contribution in [0.2, 0.25) is 0 Å². The van der Waals surface area contributed by atoms with Crippen molar-refractivity contribution in [2.75, 3.05) is 18.4 Å². The van der Waals surface area contributed by atoms with Gasteiger partial charge in [0, 0.05) is 20.9 Å². The molecule has 29 heavy (non-hydrogen) atoms. The summed E-state index contributed by atoms with van der Waals surface area (Å²) in [7, 11) is 0. The van der Waals surface area contributed by atoms with E-state index in [0.717, 1.165) is 24.0 Å². The molecule has 2 aromatic heterocycles. The van der Waals surface area contributed by atoms with Crippen LogP contribution in [0.5, 0.6) is 0 Å². The Bertz CT molecular complexity index is 954. The van der Waals surface area contributed by atoms with Crippen LogP contribution < -0.4 is 5.32 Å². The number of piperidine rings is 1. The van der Waals surface area contributed by atoms with E-state index in [2.05, 4.69) is 48.5 Å². The molecule has 1 saturated heterocycles. The van der Waals surface area contributed by atoms with Crippen LogP contribution >= 0.6 is 22.7 Å². The molecule has 0 bridgehead atoms. The lowest BCUT2D eigenvalue weighted by atomic mass is 9.94. The highest BCUT2D eigenvalue weighted by atomic mass is 32.1. The number of likely N-dealkylation sites (tertiary alicyclic amines) is 1. The molecule has 5 heteroatoms. The fraction of sp³-hybridized carbons (Fsp3) is 0.375. The standard InChI is InChI=1S/C24H28N2OS2/c1-16-11-13-26(14-12-16)22(20-10-7-15-28-20)21-17(2)18(3)29-24(21)25-23(27)19-8-5-4-6-9-19/h4-10,15-16,22H,11-14H2,1-3H3,(H,25,27)/t22-/m1/s1. The first-order chi connectivity index (χ1) is 14.0. The van der Waals surface area contributed by atoms with Crippen molar-refractivity contribution in [3.63, 3.8) is 0 Å². The Balaban J connectivity index is 1.72. The summed E-state index contributed by atoms with van der Waals surface area (Å²) in [6.45, 7) is 8.91. The number of carbonyl (C=O) groups excluding carboxylic acids is 1. The molecule has 3 nitrogen and oxygen atoms in total. The monoisotopic (exact) mass is 424 g/mol. The Morgan fingerprint density at radius 1 is 1.10 bits per heavy atom. The summed E-state index contributed by atoms with van der Waals surface area (Å²) in [4.78, 5) is 18.1. The van der Waals surface area contributed by atoms with Gasteiger partial charge in [-0.25, -0.2) is 0 Å². The van der Waals surface area contributed by atoms with Gasteiger partial charge in [-0.15, -0.1) is 22.7 Å². The van der Waals surface area contributed by atoms with E-state index in [4.69, 9.17) is 0 Å². The van der Waals surface area contributed by atoms with Gasteiger partial charge in [0.1, 0.15) is 5.00 Å². The molecule has 3 heterocycles. The van der Waals surface area contributed by atoms with Crippen molar-refractivity contribution >= 4 is 33.6 Å². The number of nitrogens with zero attached hydrogens (tertiary/aromatic N) is 1. The fourth-order valence-corrected chi connectivity index (χ4v) is 6.02. The number of benzene rings is 1. The van der Waals surface area contributed by atoms with Crippen LogP contribution in [0.15, 0.2) is 47.8 Å². The number of aryl methyl sites for hydroxylation is 1. The fourth-order valence-electron chi connectivity index (χ4n) is 4.07. The smallest absolute Gasteiger partial charge is 0.256 e. The summed E-state index contributed by atoms with van der Waals surface area (Å²) in [6, 6.07) is 14.1. The number of carbonyl (C=O) groups is 1. The molecule has 1 fully saturated rings. The summed E-state index contributed by atoms with van der Waals surface area (Å²) in [5.74, 6) is 0.753. The van der Waals surface area contributed by atoms with E-state index in [0.29, 0.717) is 5.56 Å². The lowest BCUT2D eigenvalue weighted by Gasteiger charge is -2.37. The Kier molecular flexibility index (Phi) is 6.18. The zero-order valence-corrected chi connectivity index (χ0v) is 18.9. The lowest BCUT2D eigenvalue weighted by Crippen LogP contribution is -2.36. The maximum Gasteiger partial charge on any atom is 0.256 e. The molecule has 1 aliphatic rings. The van der Waals surface area contributed by atoms with Gasteiger partial charge in [-0.05, 0) is 74.8 Å². The van der Waals surface area contributed by atoms with Crippen molar-refractivity contribution < 1.29 is 4.79 Å². The van der Waals surface area contributed by atoms with Gasteiger partial charge in [0.05, 0.1) is 6.04 Å². The Morgan fingerprint density at radius 3 is 2.48 bits per heavy atom. The number of hydrogen-bond donors (Lipinski definition) is 1. The number of amides is 1. The highest BCUT2D eigenvalue weighted by Gasteiger charge is 2.31. The molecule has 3 aromatic rings. The number of thiophene rings is 2. The molecular formula is C24H28N2OS2. The molecule has 0 unspecified atom stereocenters. The van der Waals surface area contributed by atoms with E-state index < -0.39 is 0 Å². The van der Waals surface area contributed by atoms with Crippen LogP contribution in [-0.2, 0) is 0 Å². The first-order valence-electron chi connectivity index (χ1n) is 10.3. The number of rotatable bonds is 5. The molecule has 1 amide bonds. The van der Waals surface area contributed by atoms with Gasteiger partial charge < -0.3 is 5.32 Å². The van der Waals surface area contributed by atoms with Gasteiger partial charge in [0.25, 0.3) is 5.91 Å². The molecule has 1 N–H and O–H groups in total. The zero-order chi connectivity index (χ0) is 20.4. The summed E-state index contributed by atoms with van der Waals surface area (Å²) in [5, 5.41) is 6.39. The van der Waals surface area contributed by atoms with Crippen LogP contribution in [0.25, 0.3) is 0 Å². The van der Waals surface area contributed by atoms with Crippen LogP contribution in [-0.4, -0.2) is 23.9 Å². The predicted molar refractivity (Wildman–Crippen MR) is 124 cm³/mol. The Hall–Kier alpha value is -1.95. The van der Waals surface area contributed by atoms with Crippen LogP contribution in [0, 0.1) is 19.8 Å². The second-order valence-corrected chi connectivity index (χ2v) is 10.2. The lowest BCUT2D eigenvalue weighted by molar-refractivity contribution is 0.102. The molecule has 0 aliphatic carbocycles. The van der Waals surface area contributed by atoms with Crippen molar-refractivity contribution in [2.45, 2.75) is 39.7 Å². The second-order valence-electron chi connectivity index (χ2n) is 7.98. The zero-order valence-electron chi connectivity index (χ0n) is 17.3. The van der Waals surface area contributed by atoms with Crippen molar-refractivity contribution in [1.29, 1.82) is 0 Å². The van der Waals surface area contributed by atoms with Crippen LogP contribution in [0.3, 0.4) is 0 Å². The maximum absolute atomic E-state index is 12.9. The van der Waals surface area contributed by atoms with Gasteiger partial charge in [0.2, 0.25) is 0 Å². The molecule has 1 atom stereocenters. The first kappa shape index (κ1) is 20.3. The van der Waals surface area contributed by atoms with E-state index in [1.54, 1.807) is 11.3 Å². The van der Waals surface area contributed by atoms with Crippen LogP contribution in [0.1, 0.15) is 57.0 Å². The molecular weight excluding hydrogens is 396 g/mol. The van der Waals surface area contributed by atoms with Gasteiger partial charge in [-0.2, -0.15) is 0 Å². The maximum atomic E-state index is 12.9. The first-order valence-corrected chi connectivity index (χ1v) is 12.0. The molecule has 4 rings (SSSR count). The highest BCUT2D eigenvalue weighted by molar-refractivity contribution is 7.16. The third-order valence-corrected chi connectivity index (χ3v) is 8.03. The molecule has 152 valence electrons. The van der Waals surface area contributed by atoms with Crippen molar-refractivity contribution in [2.24, 2.45) is 5.92 Å². The van der Waals surface area contributed by atoms with E-state index in [1.165, 1.54) is 33.7 Å². The normalized spacial score (nSPS) is 16.7. The summed E-state index contributed by atoms with van der Waals surface area (Å²) >= 11 is 3.51. The summed E-state index contributed by atoms with van der Waals surface area (Å²) in [6.07, 6.45) is 2.46. The van der Waals surface area contributed by atoms with E-state index in [9.17, 15) is 4.79 Å². The van der Waals surface area contributed by atoms with Crippen LogP contribution in [0.4, 0.5) is 5.00 Å². The topological polar surface area (TPSA) is 32.3 Å². The quantitative estimate of drug-likeness (QED) is 0.507. The summed E-state index contributed by atoms with van der Waals surface area (Å²) < 4.78 is 0. The molecule has 0 saturated carbocycles. The Morgan fingerprint density at radius 2 is 1.83 bits per heavy atom. The van der Waals surface area contributed by atoms with Crippen molar-refractivity contribution in [3.8, 4) is 0 Å². The van der Waals surface area contributed by atoms with Gasteiger partial charge >= 0.3 is 0 Å². The second kappa shape index (κ2) is 8.82. The van der Waals surface area contributed by atoms with Gasteiger partial charge in [-0.3, -0.25) is 9.69 Å². The number of anilines is 1. The van der Waals surface area contributed by atoms with E-state index in [-0.39, 0.29) is 11.9 Å². The highest BCUT2D eigenvalue weighted by Crippen LogP contribution is 2.44.